The van der Waals surface area contributed by atoms with Crippen molar-refractivity contribution in [3.63, 3.8) is 0 Å². The summed E-state index contributed by atoms with van der Waals surface area (Å²) in [5, 5.41) is 9.32. The van der Waals surface area contributed by atoms with Crippen molar-refractivity contribution in [2.24, 2.45) is 0 Å². The molecule has 5 nitrogen and oxygen atoms in total. The van der Waals surface area contributed by atoms with Crippen LogP contribution in [0.3, 0.4) is 0 Å². The van der Waals surface area contributed by atoms with Crippen molar-refractivity contribution in [2.75, 3.05) is 6.61 Å². The summed E-state index contributed by atoms with van der Waals surface area (Å²) in [6, 6.07) is -0.380. The van der Waals surface area contributed by atoms with Crippen molar-refractivity contribution in [1.29, 1.82) is 0 Å². The summed E-state index contributed by atoms with van der Waals surface area (Å²) >= 11 is 0. The molecule has 0 unspecified atom stereocenters. The topological polar surface area (TPSA) is 60.9 Å². The van der Waals surface area contributed by atoms with Crippen LogP contribution in [0.2, 0.25) is 0 Å². The van der Waals surface area contributed by atoms with Gasteiger partial charge in [0.1, 0.15) is 5.54 Å². The highest BCUT2D eigenvalue weighted by Crippen LogP contribution is 2.34. The molecule has 17 heavy (non-hydrogen) atoms. The highest BCUT2D eigenvalue weighted by atomic mass is 16.3. The summed E-state index contributed by atoms with van der Waals surface area (Å²) in [4.78, 5) is 27.3. The molecule has 1 N–H and O–H groups in total. The van der Waals surface area contributed by atoms with Gasteiger partial charge < -0.3 is 10.0 Å². The summed E-state index contributed by atoms with van der Waals surface area (Å²) in [5.74, 6) is -0.254. The van der Waals surface area contributed by atoms with Crippen molar-refractivity contribution < 1.29 is 14.7 Å². The molecule has 1 aliphatic heterocycles. The Morgan fingerprint density at radius 1 is 1.29 bits per heavy atom. The predicted molar refractivity (Wildman–Crippen MR) is 64.5 cm³/mol. The van der Waals surface area contributed by atoms with E-state index in [-0.39, 0.29) is 24.6 Å². The number of amides is 3. The lowest BCUT2D eigenvalue weighted by molar-refractivity contribution is -0.136. The Hall–Kier alpha value is -1.10. The zero-order valence-corrected chi connectivity index (χ0v) is 11.4. The van der Waals surface area contributed by atoms with Crippen LogP contribution in [0.25, 0.3) is 0 Å². The van der Waals surface area contributed by atoms with Gasteiger partial charge in [-0.25, -0.2) is 4.79 Å². The number of urea groups is 1. The smallest absolute Gasteiger partial charge is 0.328 e. The number of aliphatic hydroxyl groups excluding tert-OH is 1. The summed E-state index contributed by atoms with van der Waals surface area (Å²) in [6.07, 6.45) is 0. The molecule has 0 spiro atoms. The lowest BCUT2D eigenvalue weighted by atomic mass is 9.99. The maximum absolute atomic E-state index is 12.3. The Bertz CT molecular complexity index is 348. The van der Waals surface area contributed by atoms with Crippen LogP contribution in [-0.4, -0.2) is 50.6 Å². The Labute approximate surface area is 102 Å². The Balaban J connectivity index is 3.23. The van der Waals surface area contributed by atoms with E-state index in [4.69, 9.17) is 0 Å². The van der Waals surface area contributed by atoms with Crippen LogP contribution in [0.15, 0.2) is 0 Å². The fourth-order valence-electron chi connectivity index (χ4n) is 2.28. The fraction of sp³-hybridized carbons (Fsp3) is 0.833. The molecule has 0 aromatic heterocycles. The van der Waals surface area contributed by atoms with Gasteiger partial charge in [-0.15, -0.1) is 0 Å². The van der Waals surface area contributed by atoms with Gasteiger partial charge in [0.05, 0.1) is 12.1 Å². The first-order valence-corrected chi connectivity index (χ1v) is 5.86. The van der Waals surface area contributed by atoms with E-state index in [2.05, 4.69) is 0 Å². The minimum absolute atomic E-state index is 0.0547. The lowest BCUT2D eigenvalue weighted by Crippen LogP contribution is -2.51. The third-order valence-corrected chi connectivity index (χ3v) is 3.23. The zero-order valence-electron chi connectivity index (χ0n) is 11.4. The van der Waals surface area contributed by atoms with Crippen LogP contribution in [-0.2, 0) is 4.79 Å². The van der Waals surface area contributed by atoms with Crippen molar-refractivity contribution in [3.05, 3.63) is 0 Å². The van der Waals surface area contributed by atoms with Gasteiger partial charge in [-0.05, 0) is 41.5 Å². The number of carbonyl (C=O) groups excluding carboxylic acids is 2. The molecule has 0 radical (unpaired) electrons. The van der Waals surface area contributed by atoms with E-state index in [0.717, 1.165) is 0 Å². The number of rotatable bonds is 3. The standard InChI is InChI=1S/C12H22N2O3/c1-8(2)13-10(17)14(11(3,4)7-15)9(16)12(13,5)6/h8,15H,7H2,1-6H3. The number of hydrogen-bond donors (Lipinski definition) is 1. The number of nitrogens with zero attached hydrogens (tertiary/aromatic N) is 2. The first-order chi connectivity index (χ1) is 7.57. The average Bonchev–Trinajstić information content (AvgIpc) is 2.33. The molecule has 3 amide bonds. The molecule has 0 saturated carbocycles. The molecule has 5 heteroatoms. The van der Waals surface area contributed by atoms with Crippen LogP contribution in [0.5, 0.6) is 0 Å². The normalized spacial score (nSPS) is 20.7. The van der Waals surface area contributed by atoms with Gasteiger partial charge in [-0.3, -0.25) is 9.69 Å². The molecule has 0 atom stereocenters. The summed E-state index contributed by atoms with van der Waals surface area (Å²) < 4.78 is 0. The number of carbonyl (C=O) groups is 2. The molecule has 1 fully saturated rings. The molecule has 0 aromatic rings. The molecule has 98 valence electrons. The highest BCUT2D eigenvalue weighted by Gasteiger charge is 2.56. The largest absolute Gasteiger partial charge is 0.394 e. The van der Waals surface area contributed by atoms with Gasteiger partial charge in [0, 0.05) is 6.04 Å². The summed E-state index contributed by atoms with van der Waals surface area (Å²) in [6.45, 7) is 10.4. The van der Waals surface area contributed by atoms with Crippen molar-refractivity contribution >= 4 is 11.9 Å². The second-order valence-electron chi connectivity index (χ2n) is 5.92. The Kier molecular flexibility index (Phi) is 3.27. The number of hydrogen-bond acceptors (Lipinski definition) is 3. The van der Waals surface area contributed by atoms with Gasteiger partial charge in [0.2, 0.25) is 0 Å². The molecule has 1 heterocycles. The van der Waals surface area contributed by atoms with E-state index in [1.807, 2.05) is 13.8 Å². The van der Waals surface area contributed by atoms with Crippen molar-refractivity contribution in [3.8, 4) is 0 Å². The van der Waals surface area contributed by atoms with E-state index in [1.165, 1.54) is 4.90 Å². The van der Waals surface area contributed by atoms with E-state index < -0.39 is 11.1 Å². The first kappa shape index (κ1) is 14.0. The van der Waals surface area contributed by atoms with Crippen molar-refractivity contribution in [2.45, 2.75) is 58.7 Å². The molecule has 0 aromatic carbocycles. The molecule has 0 bridgehead atoms. The minimum atomic E-state index is -0.866. The molecular weight excluding hydrogens is 220 g/mol. The maximum atomic E-state index is 12.3. The zero-order chi connectivity index (χ0) is 13.6. The highest BCUT2D eigenvalue weighted by molar-refractivity contribution is 6.07. The Morgan fingerprint density at radius 3 is 2.06 bits per heavy atom. The first-order valence-electron chi connectivity index (χ1n) is 5.86. The number of imide groups is 1. The van der Waals surface area contributed by atoms with E-state index in [1.54, 1.807) is 32.6 Å². The van der Waals surface area contributed by atoms with Crippen LogP contribution in [0.4, 0.5) is 4.79 Å². The molecule has 1 aliphatic rings. The molecular formula is C12H22N2O3. The van der Waals surface area contributed by atoms with Gasteiger partial charge >= 0.3 is 6.03 Å². The summed E-state index contributed by atoms with van der Waals surface area (Å²) in [5.41, 5.74) is -1.72. The molecule has 1 saturated heterocycles. The van der Waals surface area contributed by atoms with Crippen LogP contribution >= 0.6 is 0 Å². The second kappa shape index (κ2) is 3.98. The SMILES string of the molecule is CC(C)N1C(=O)N(C(C)(C)CO)C(=O)C1(C)C. The minimum Gasteiger partial charge on any atom is -0.394 e. The van der Waals surface area contributed by atoms with Gasteiger partial charge in [0.15, 0.2) is 0 Å². The van der Waals surface area contributed by atoms with Crippen LogP contribution in [0, 0.1) is 0 Å². The van der Waals surface area contributed by atoms with Crippen LogP contribution in [0.1, 0.15) is 41.5 Å². The number of aliphatic hydroxyl groups is 1. The third kappa shape index (κ3) is 1.92. The predicted octanol–water partition coefficient (Wildman–Crippen LogP) is 1.21. The van der Waals surface area contributed by atoms with Gasteiger partial charge in [-0.1, -0.05) is 0 Å². The van der Waals surface area contributed by atoms with E-state index >= 15 is 0 Å². The fourth-order valence-corrected chi connectivity index (χ4v) is 2.28. The van der Waals surface area contributed by atoms with Gasteiger partial charge in [-0.2, -0.15) is 0 Å². The van der Waals surface area contributed by atoms with Crippen molar-refractivity contribution in [1.82, 2.24) is 9.80 Å². The maximum Gasteiger partial charge on any atom is 0.328 e. The van der Waals surface area contributed by atoms with E-state index in [0.29, 0.717) is 0 Å². The second-order valence-corrected chi connectivity index (χ2v) is 5.92. The van der Waals surface area contributed by atoms with E-state index in [9.17, 15) is 14.7 Å². The lowest BCUT2D eigenvalue weighted by Gasteiger charge is -2.32. The summed E-state index contributed by atoms with van der Waals surface area (Å²) in [7, 11) is 0. The third-order valence-electron chi connectivity index (χ3n) is 3.23. The molecule has 0 aliphatic carbocycles. The van der Waals surface area contributed by atoms with Gasteiger partial charge in [0.25, 0.3) is 5.91 Å². The average molecular weight is 242 g/mol. The molecule has 1 rings (SSSR count). The quantitative estimate of drug-likeness (QED) is 0.757. The monoisotopic (exact) mass is 242 g/mol. The van der Waals surface area contributed by atoms with Crippen LogP contribution < -0.4 is 0 Å². The Morgan fingerprint density at radius 2 is 1.76 bits per heavy atom.